The molecule has 1 aromatic carbocycles. The minimum Gasteiger partial charge on any atom is -0.276 e. The molecule has 6 heteroatoms. The van der Waals surface area contributed by atoms with Gasteiger partial charge in [-0.1, -0.05) is 12.1 Å². The van der Waals surface area contributed by atoms with Crippen LogP contribution in [0.4, 0.5) is 4.39 Å². The van der Waals surface area contributed by atoms with Crippen LogP contribution in [0, 0.1) is 5.82 Å². The van der Waals surface area contributed by atoms with E-state index in [-0.39, 0.29) is 5.82 Å². The van der Waals surface area contributed by atoms with Gasteiger partial charge in [0.05, 0.1) is 27.8 Å². The van der Waals surface area contributed by atoms with E-state index in [9.17, 15) is 4.39 Å². The number of hydrogen-bond donors (Lipinski definition) is 1. The van der Waals surface area contributed by atoms with Crippen molar-refractivity contribution in [2.75, 3.05) is 0 Å². The van der Waals surface area contributed by atoms with Gasteiger partial charge >= 0.3 is 0 Å². The molecule has 102 valence electrons. The number of thiazole rings is 1. The molecule has 4 aromatic rings. The van der Waals surface area contributed by atoms with Crippen molar-refractivity contribution in [3.05, 3.63) is 54.1 Å². The second kappa shape index (κ2) is 4.75. The van der Waals surface area contributed by atoms with E-state index in [1.54, 1.807) is 36.1 Å². The molecule has 1 N–H and O–H groups in total. The van der Waals surface area contributed by atoms with Crippen molar-refractivity contribution in [1.29, 1.82) is 0 Å². The zero-order chi connectivity index (χ0) is 14.2. The fraction of sp³-hybridized carbons (Fsp3) is 0. The van der Waals surface area contributed by atoms with Crippen LogP contribution in [0.1, 0.15) is 0 Å². The third-order valence-electron chi connectivity index (χ3n) is 3.26. The number of H-pyrrole nitrogens is 1. The predicted molar refractivity (Wildman–Crippen MR) is 80.4 cm³/mol. The number of aromatic nitrogens is 4. The van der Waals surface area contributed by atoms with Gasteiger partial charge in [-0.2, -0.15) is 5.10 Å². The molecule has 0 aliphatic carbocycles. The van der Waals surface area contributed by atoms with Gasteiger partial charge in [-0.05, 0) is 18.2 Å². The smallest absolute Gasteiger partial charge is 0.132 e. The third kappa shape index (κ3) is 2.00. The topological polar surface area (TPSA) is 54.5 Å². The maximum absolute atomic E-state index is 14.0. The largest absolute Gasteiger partial charge is 0.276 e. The summed E-state index contributed by atoms with van der Waals surface area (Å²) in [6.45, 7) is 0. The number of nitrogens with zero attached hydrogens (tertiary/aromatic N) is 3. The number of halogens is 1. The van der Waals surface area contributed by atoms with Crippen molar-refractivity contribution in [3.8, 4) is 21.8 Å². The predicted octanol–water partition coefficient (Wildman–Crippen LogP) is 3.89. The van der Waals surface area contributed by atoms with Crippen molar-refractivity contribution in [2.24, 2.45) is 0 Å². The Hall–Kier alpha value is -2.60. The number of rotatable bonds is 2. The van der Waals surface area contributed by atoms with Gasteiger partial charge < -0.3 is 0 Å². The van der Waals surface area contributed by atoms with Crippen LogP contribution in [0.2, 0.25) is 0 Å². The van der Waals surface area contributed by atoms with E-state index >= 15 is 0 Å². The Morgan fingerprint density at radius 2 is 2.05 bits per heavy atom. The monoisotopic (exact) mass is 296 g/mol. The number of hydrogen-bond acceptors (Lipinski definition) is 4. The molecule has 0 aliphatic rings. The lowest BCUT2D eigenvalue weighted by molar-refractivity contribution is 0.631. The first-order valence-electron chi connectivity index (χ1n) is 6.31. The summed E-state index contributed by atoms with van der Waals surface area (Å²) < 4.78 is 14.0. The van der Waals surface area contributed by atoms with Gasteiger partial charge in [-0.15, -0.1) is 11.3 Å². The zero-order valence-electron chi connectivity index (χ0n) is 10.7. The Morgan fingerprint density at radius 3 is 2.86 bits per heavy atom. The maximum Gasteiger partial charge on any atom is 0.132 e. The number of nitrogens with one attached hydrogen (secondary N) is 1. The van der Waals surface area contributed by atoms with E-state index in [4.69, 9.17) is 0 Å². The minimum absolute atomic E-state index is 0.290. The standard InChI is InChI=1S/C15H9FN4S/c16-11-4-2-1-3-9(11)15-10-5-12(14-7-17-8-21-14)18-6-13(10)19-20-15/h1-8H,(H,19,20). The van der Waals surface area contributed by atoms with E-state index in [2.05, 4.69) is 20.2 Å². The van der Waals surface area contributed by atoms with Crippen LogP contribution in [-0.4, -0.2) is 20.2 Å². The summed E-state index contributed by atoms with van der Waals surface area (Å²) in [6, 6.07) is 8.52. The SMILES string of the molecule is Fc1ccccc1-c1n[nH]c2cnc(-c3cncs3)cc12. The lowest BCUT2D eigenvalue weighted by Crippen LogP contribution is -1.85. The maximum atomic E-state index is 14.0. The van der Waals surface area contributed by atoms with Crippen LogP contribution in [0.3, 0.4) is 0 Å². The van der Waals surface area contributed by atoms with E-state index in [1.165, 1.54) is 17.4 Å². The normalized spacial score (nSPS) is 11.1. The molecule has 4 rings (SSSR count). The number of benzene rings is 1. The lowest BCUT2D eigenvalue weighted by Gasteiger charge is -2.01. The van der Waals surface area contributed by atoms with Crippen molar-refractivity contribution in [3.63, 3.8) is 0 Å². The molecule has 0 saturated heterocycles. The Kier molecular flexibility index (Phi) is 2.75. The third-order valence-corrected chi connectivity index (χ3v) is 4.06. The first-order chi connectivity index (χ1) is 10.3. The van der Waals surface area contributed by atoms with Gasteiger partial charge in [0.2, 0.25) is 0 Å². The zero-order valence-corrected chi connectivity index (χ0v) is 11.6. The highest BCUT2D eigenvalue weighted by Crippen LogP contribution is 2.31. The second-order valence-electron chi connectivity index (χ2n) is 4.53. The van der Waals surface area contributed by atoms with Crippen molar-refractivity contribution in [1.82, 2.24) is 20.2 Å². The first-order valence-corrected chi connectivity index (χ1v) is 7.19. The molecule has 0 saturated carbocycles. The molecule has 0 aliphatic heterocycles. The summed E-state index contributed by atoms with van der Waals surface area (Å²) in [5.74, 6) is -0.290. The van der Waals surface area contributed by atoms with Crippen LogP contribution in [-0.2, 0) is 0 Å². The van der Waals surface area contributed by atoms with Gasteiger partial charge in [-0.3, -0.25) is 15.1 Å². The summed E-state index contributed by atoms with van der Waals surface area (Å²) in [4.78, 5) is 9.41. The second-order valence-corrected chi connectivity index (χ2v) is 5.42. The van der Waals surface area contributed by atoms with E-state index < -0.39 is 0 Å². The fourth-order valence-electron chi connectivity index (χ4n) is 2.25. The van der Waals surface area contributed by atoms with E-state index in [1.807, 2.05) is 6.07 Å². The van der Waals surface area contributed by atoms with Gasteiger partial charge in [0.1, 0.15) is 11.5 Å². The molecule has 4 nitrogen and oxygen atoms in total. The van der Waals surface area contributed by atoms with E-state index in [0.29, 0.717) is 11.3 Å². The molecule has 3 aromatic heterocycles. The Bertz CT molecular complexity index is 914. The first kappa shape index (κ1) is 12.2. The quantitative estimate of drug-likeness (QED) is 0.610. The summed E-state index contributed by atoms with van der Waals surface area (Å²) in [5, 5.41) is 7.97. The Labute approximate surface area is 123 Å². The number of aromatic amines is 1. The molecule has 0 unspecified atom stereocenters. The van der Waals surface area contributed by atoms with Crippen LogP contribution >= 0.6 is 11.3 Å². The van der Waals surface area contributed by atoms with Crippen molar-refractivity contribution < 1.29 is 4.39 Å². The van der Waals surface area contributed by atoms with Crippen LogP contribution in [0.15, 0.2) is 48.2 Å². The highest BCUT2D eigenvalue weighted by atomic mass is 32.1. The molecule has 0 spiro atoms. The van der Waals surface area contributed by atoms with E-state index in [0.717, 1.165) is 21.5 Å². The molecule has 0 radical (unpaired) electrons. The molecule has 0 fully saturated rings. The van der Waals surface area contributed by atoms with Gasteiger partial charge in [0.15, 0.2) is 0 Å². The summed E-state index contributed by atoms with van der Waals surface area (Å²) in [6.07, 6.45) is 3.48. The summed E-state index contributed by atoms with van der Waals surface area (Å²) in [5.41, 5.74) is 4.42. The Morgan fingerprint density at radius 1 is 1.14 bits per heavy atom. The number of pyridine rings is 1. The minimum atomic E-state index is -0.290. The molecular weight excluding hydrogens is 287 g/mol. The molecule has 0 atom stereocenters. The summed E-state index contributed by atoms with van der Waals surface area (Å²) in [7, 11) is 0. The highest BCUT2D eigenvalue weighted by Gasteiger charge is 2.13. The average molecular weight is 296 g/mol. The van der Waals surface area contributed by atoms with Crippen LogP contribution in [0.5, 0.6) is 0 Å². The lowest BCUT2D eigenvalue weighted by atomic mass is 10.1. The molecule has 0 bridgehead atoms. The highest BCUT2D eigenvalue weighted by molar-refractivity contribution is 7.13. The van der Waals surface area contributed by atoms with Gasteiger partial charge in [-0.25, -0.2) is 4.39 Å². The van der Waals surface area contributed by atoms with Crippen LogP contribution < -0.4 is 0 Å². The molecule has 0 amide bonds. The van der Waals surface area contributed by atoms with Gasteiger partial charge in [0.25, 0.3) is 0 Å². The van der Waals surface area contributed by atoms with Gasteiger partial charge in [0, 0.05) is 17.1 Å². The average Bonchev–Trinajstić information content (AvgIpc) is 3.17. The van der Waals surface area contributed by atoms with Crippen LogP contribution in [0.25, 0.3) is 32.7 Å². The number of fused-ring (bicyclic) bond motifs is 1. The molecule has 3 heterocycles. The summed E-state index contributed by atoms with van der Waals surface area (Å²) >= 11 is 1.51. The van der Waals surface area contributed by atoms with Crippen molar-refractivity contribution in [2.45, 2.75) is 0 Å². The fourth-order valence-corrected chi connectivity index (χ4v) is 2.84. The van der Waals surface area contributed by atoms with Crippen molar-refractivity contribution >= 4 is 22.2 Å². The molecular formula is C15H9FN4S. The Balaban J connectivity index is 1.95. The molecule has 21 heavy (non-hydrogen) atoms.